The van der Waals surface area contributed by atoms with E-state index in [-0.39, 0.29) is 17.1 Å². The normalized spacial score (nSPS) is 27.2. The van der Waals surface area contributed by atoms with Gasteiger partial charge in [0.25, 0.3) is 0 Å². The first-order valence-electron chi connectivity index (χ1n) is 12.9. The second kappa shape index (κ2) is 9.32. The van der Waals surface area contributed by atoms with Gasteiger partial charge < -0.3 is 4.90 Å². The third kappa shape index (κ3) is 4.25. The van der Waals surface area contributed by atoms with E-state index < -0.39 is 12.0 Å². The molecule has 2 saturated carbocycles. The van der Waals surface area contributed by atoms with Crippen LogP contribution < -0.4 is 4.90 Å². The van der Waals surface area contributed by atoms with Crippen LogP contribution in [0.5, 0.6) is 0 Å². The average Bonchev–Trinajstić information content (AvgIpc) is 3.12. The van der Waals surface area contributed by atoms with Crippen LogP contribution in [0.3, 0.4) is 0 Å². The third-order valence-corrected chi connectivity index (χ3v) is 8.88. The monoisotopic (exact) mass is 501 g/mol. The van der Waals surface area contributed by atoms with E-state index in [0.29, 0.717) is 24.7 Å². The number of halogens is 3. The van der Waals surface area contributed by atoms with Gasteiger partial charge in [0.1, 0.15) is 0 Å². The molecule has 1 aliphatic heterocycles. The number of hydrogen-bond donors (Lipinski definition) is 0. The Morgan fingerprint density at radius 2 is 1.69 bits per heavy atom. The van der Waals surface area contributed by atoms with E-state index in [1.807, 2.05) is 11.0 Å². The Bertz CT molecular complexity index is 1060. The molecule has 2 amide bonds. The van der Waals surface area contributed by atoms with Crippen molar-refractivity contribution in [1.82, 2.24) is 19.8 Å². The number of carbonyl (C=O) groups excluding carboxylic acids is 1. The second-order valence-electron chi connectivity index (χ2n) is 10.7. The van der Waals surface area contributed by atoms with Gasteiger partial charge in [-0.05, 0) is 63.6 Å². The SMILES string of the molecule is CCN(C)[C@]1(c2ccccc2)CC[C@]2(CC1)CN(c1cnc(C(F)(F)F)nc1)C(=O)N2CC1CCC1. The summed E-state index contributed by atoms with van der Waals surface area (Å²) in [5, 5.41) is 0. The minimum absolute atomic E-state index is 0.0999. The van der Waals surface area contributed by atoms with Gasteiger partial charge in [0.05, 0.1) is 30.2 Å². The molecule has 0 bridgehead atoms. The molecule has 36 heavy (non-hydrogen) atoms. The van der Waals surface area contributed by atoms with E-state index in [9.17, 15) is 18.0 Å². The van der Waals surface area contributed by atoms with Crippen LogP contribution in [0.25, 0.3) is 0 Å². The number of urea groups is 1. The number of aromatic nitrogens is 2. The van der Waals surface area contributed by atoms with E-state index in [2.05, 4.69) is 53.1 Å². The third-order valence-electron chi connectivity index (χ3n) is 8.88. The van der Waals surface area contributed by atoms with Crippen molar-refractivity contribution in [3.05, 3.63) is 54.1 Å². The summed E-state index contributed by atoms with van der Waals surface area (Å²) >= 11 is 0. The predicted octanol–water partition coefficient (Wildman–Crippen LogP) is 5.70. The smallest absolute Gasteiger partial charge is 0.317 e. The highest BCUT2D eigenvalue weighted by Gasteiger charge is 2.55. The Morgan fingerprint density at radius 3 is 2.22 bits per heavy atom. The summed E-state index contributed by atoms with van der Waals surface area (Å²) < 4.78 is 39.0. The number of hydrogen-bond acceptors (Lipinski definition) is 4. The van der Waals surface area contributed by atoms with Gasteiger partial charge in [-0.15, -0.1) is 0 Å². The van der Waals surface area contributed by atoms with E-state index in [1.54, 1.807) is 4.90 Å². The van der Waals surface area contributed by atoms with Crippen molar-refractivity contribution in [2.45, 2.75) is 69.1 Å². The zero-order valence-electron chi connectivity index (χ0n) is 21.0. The Labute approximate surface area is 210 Å². The number of rotatable bonds is 6. The van der Waals surface area contributed by atoms with Crippen LogP contribution in [0.4, 0.5) is 23.7 Å². The lowest BCUT2D eigenvalue weighted by Gasteiger charge is -2.52. The van der Waals surface area contributed by atoms with Gasteiger partial charge >= 0.3 is 12.2 Å². The lowest BCUT2D eigenvalue weighted by molar-refractivity contribution is -0.144. The summed E-state index contributed by atoms with van der Waals surface area (Å²) in [5.41, 5.74) is 1.18. The molecule has 2 heterocycles. The minimum atomic E-state index is -4.61. The molecule has 6 nitrogen and oxygen atoms in total. The fourth-order valence-electron chi connectivity index (χ4n) is 6.31. The molecule has 1 aromatic heterocycles. The zero-order valence-corrected chi connectivity index (χ0v) is 21.0. The van der Waals surface area contributed by atoms with E-state index in [1.165, 1.54) is 12.0 Å². The fraction of sp³-hybridized carbons (Fsp3) is 0.593. The maximum absolute atomic E-state index is 13.7. The first-order valence-corrected chi connectivity index (χ1v) is 12.9. The van der Waals surface area contributed by atoms with Crippen molar-refractivity contribution in [2.75, 3.05) is 31.6 Å². The molecule has 1 aromatic carbocycles. The van der Waals surface area contributed by atoms with Gasteiger partial charge in [-0.2, -0.15) is 13.2 Å². The standard InChI is InChI=1S/C27H34F3N5O/c1-3-33(2)26(21-10-5-4-6-11-21)14-12-25(13-15-26)19-34(24(36)35(25)18-20-8-7-9-20)22-16-31-23(32-17-22)27(28,29)30/h4-6,10-11,16-17,20H,3,7-9,12-15,18-19H2,1-2H3/t25-,26+. The molecular weight excluding hydrogens is 467 g/mol. The molecule has 3 aliphatic rings. The lowest BCUT2D eigenvalue weighted by atomic mass is 9.68. The number of benzene rings is 1. The first-order chi connectivity index (χ1) is 17.2. The average molecular weight is 502 g/mol. The van der Waals surface area contributed by atoms with Crippen molar-refractivity contribution in [3.8, 4) is 0 Å². The predicted molar refractivity (Wildman–Crippen MR) is 131 cm³/mol. The summed E-state index contributed by atoms with van der Waals surface area (Å²) in [6.45, 7) is 4.25. The molecule has 0 radical (unpaired) electrons. The van der Waals surface area contributed by atoms with Crippen LogP contribution in [-0.4, -0.2) is 58.0 Å². The molecule has 1 spiro atoms. The van der Waals surface area contributed by atoms with Crippen molar-refractivity contribution in [2.24, 2.45) is 5.92 Å². The van der Waals surface area contributed by atoms with Crippen LogP contribution in [-0.2, 0) is 11.7 Å². The highest BCUT2D eigenvalue weighted by Crippen LogP contribution is 2.50. The fourth-order valence-corrected chi connectivity index (χ4v) is 6.31. The second-order valence-corrected chi connectivity index (χ2v) is 10.7. The molecular formula is C27H34F3N5O. The number of alkyl halides is 3. The summed E-state index contributed by atoms with van der Waals surface area (Å²) in [4.78, 5) is 26.8. The minimum Gasteiger partial charge on any atom is -0.317 e. The van der Waals surface area contributed by atoms with Crippen molar-refractivity contribution < 1.29 is 18.0 Å². The van der Waals surface area contributed by atoms with Crippen molar-refractivity contribution >= 4 is 11.7 Å². The van der Waals surface area contributed by atoms with Gasteiger partial charge in [0.2, 0.25) is 5.82 Å². The maximum Gasteiger partial charge on any atom is 0.451 e. The molecule has 9 heteroatoms. The molecule has 1 saturated heterocycles. The Hall–Kier alpha value is -2.68. The van der Waals surface area contributed by atoms with Crippen LogP contribution in [0.15, 0.2) is 42.7 Å². The van der Waals surface area contributed by atoms with Crippen molar-refractivity contribution in [3.63, 3.8) is 0 Å². The molecule has 3 fully saturated rings. The van der Waals surface area contributed by atoms with Gasteiger partial charge in [-0.1, -0.05) is 43.7 Å². The number of amides is 2. The molecule has 2 aromatic rings. The molecule has 2 aliphatic carbocycles. The molecule has 0 atom stereocenters. The Kier molecular flexibility index (Phi) is 6.47. The summed E-state index contributed by atoms with van der Waals surface area (Å²) in [6.07, 6.45) is 4.58. The van der Waals surface area contributed by atoms with Crippen LogP contribution in [0.1, 0.15) is 63.3 Å². The summed E-state index contributed by atoms with van der Waals surface area (Å²) in [5.74, 6) is -0.694. The van der Waals surface area contributed by atoms with Crippen LogP contribution in [0.2, 0.25) is 0 Å². The zero-order chi connectivity index (χ0) is 25.6. The molecule has 194 valence electrons. The Balaban J connectivity index is 1.44. The first kappa shape index (κ1) is 25.0. The molecule has 0 N–H and O–H groups in total. The number of anilines is 1. The van der Waals surface area contributed by atoms with Gasteiger partial charge in [0.15, 0.2) is 0 Å². The highest BCUT2D eigenvalue weighted by atomic mass is 19.4. The lowest BCUT2D eigenvalue weighted by Crippen LogP contribution is -2.57. The van der Waals surface area contributed by atoms with Gasteiger partial charge in [-0.25, -0.2) is 14.8 Å². The number of nitrogens with zero attached hydrogens (tertiary/aromatic N) is 5. The van der Waals surface area contributed by atoms with E-state index in [0.717, 1.165) is 57.5 Å². The van der Waals surface area contributed by atoms with Crippen LogP contribution in [0, 0.1) is 5.92 Å². The van der Waals surface area contributed by atoms with Gasteiger partial charge in [0, 0.05) is 12.1 Å². The van der Waals surface area contributed by atoms with E-state index in [4.69, 9.17) is 0 Å². The largest absolute Gasteiger partial charge is 0.451 e. The maximum atomic E-state index is 13.7. The number of carbonyl (C=O) groups is 1. The molecule has 5 rings (SSSR count). The summed E-state index contributed by atoms with van der Waals surface area (Å²) in [7, 11) is 2.17. The summed E-state index contributed by atoms with van der Waals surface area (Å²) in [6, 6.07) is 10.5. The van der Waals surface area contributed by atoms with Crippen molar-refractivity contribution in [1.29, 1.82) is 0 Å². The van der Waals surface area contributed by atoms with Crippen LogP contribution >= 0.6 is 0 Å². The quantitative estimate of drug-likeness (QED) is 0.510. The highest BCUT2D eigenvalue weighted by molar-refractivity contribution is 5.95. The van der Waals surface area contributed by atoms with E-state index >= 15 is 0 Å². The topological polar surface area (TPSA) is 52.6 Å². The van der Waals surface area contributed by atoms with Gasteiger partial charge in [-0.3, -0.25) is 9.80 Å². The Morgan fingerprint density at radius 1 is 1.06 bits per heavy atom. The molecule has 0 unspecified atom stereocenters.